The first-order chi connectivity index (χ1) is 11.8. The first-order valence-electron chi connectivity index (χ1n) is 8.75. The van der Waals surface area contributed by atoms with Crippen molar-refractivity contribution in [2.45, 2.75) is 51.6 Å². The van der Waals surface area contributed by atoms with Crippen LogP contribution in [0.5, 0.6) is 0 Å². The third-order valence-corrected chi connectivity index (χ3v) is 6.21. The molecule has 25 heavy (non-hydrogen) atoms. The van der Waals surface area contributed by atoms with Crippen molar-refractivity contribution in [2.24, 2.45) is 0 Å². The molecule has 0 aliphatic carbocycles. The summed E-state index contributed by atoms with van der Waals surface area (Å²) in [4.78, 5) is 18.7. The first kappa shape index (κ1) is 19.9. The zero-order chi connectivity index (χ0) is 18.4. The van der Waals surface area contributed by atoms with Crippen LogP contribution >= 0.6 is 0 Å². The number of carbonyl (C=O) groups is 1. The number of hydrogen-bond donors (Lipinski definition) is 1. The van der Waals surface area contributed by atoms with Gasteiger partial charge in [-0.3, -0.25) is 4.79 Å². The van der Waals surface area contributed by atoms with Crippen molar-refractivity contribution in [1.82, 2.24) is 23.5 Å². The summed E-state index contributed by atoms with van der Waals surface area (Å²) in [5.41, 5.74) is 0. The van der Waals surface area contributed by atoms with Crippen molar-refractivity contribution in [3.8, 4) is 0 Å². The van der Waals surface area contributed by atoms with Crippen LogP contribution < -0.4 is 4.72 Å². The summed E-state index contributed by atoms with van der Waals surface area (Å²) >= 11 is 0. The third kappa shape index (κ3) is 5.52. The van der Waals surface area contributed by atoms with Crippen LogP contribution in [0.4, 0.5) is 0 Å². The maximum atomic E-state index is 12.6. The Morgan fingerprint density at radius 1 is 1.40 bits per heavy atom. The molecule has 0 aromatic carbocycles. The summed E-state index contributed by atoms with van der Waals surface area (Å²) in [5, 5.41) is 0. The van der Waals surface area contributed by atoms with Crippen molar-refractivity contribution in [3.05, 3.63) is 18.2 Å². The summed E-state index contributed by atoms with van der Waals surface area (Å²) in [6.07, 6.45) is 7.72. The first-order valence-corrected chi connectivity index (χ1v) is 10.2. The fourth-order valence-electron chi connectivity index (χ4n) is 3.11. The Kier molecular flexibility index (Phi) is 6.97. The maximum Gasteiger partial charge on any atom is 0.278 e. The fourth-order valence-corrected chi connectivity index (χ4v) is 3.75. The second-order valence-corrected chi connectivity index (χ2v) is 8.59. The van der Waals surface area contributed by atoms with Crippen molar-refractivity contribution in [3.63, 3.8) is 0 Å². The van der Waals surface area contributed by atoms with Gasteiger partial charge in [-0.2, -0.15) is 12.7 Å². The molecule has 1 aliphatic heterocycles. The van der Waals surface area contributed by atoms with Gasteiger partial charge in [0.15, 0.2) is 0 Å². The normalized spacial score (nSPS) is 18.7. The van der Waals surface area contributed by atoms with Gasteiger partial charge in [-0.15, -0.1) is 0 Å². The standard InChI is InChI=1S/C16H29N5O3S/c1-14-17-10-13-20(14)12-8-16(22)21-11-5-4-6-15(21)7-9-18-25(23,24)19(2)3/h10,13,15,18H,4-9,11-12H2,1-3H3/t15-/m1/s1. The van der Waals surface area contributed by atoms with E-state index in [1.807, 2.05) is 22.6 Å². The molecule has 142 valence electrons. The minimum Gasteiger partial charge on any atom is -0.340 e. The molecule has 0 saturated carbocycles. The number of amides is 1. The largest absolute Gasteiger partial charge is 0.340 e. The predicted octanol–water partition coefficient (Wildman–Crippen LogP) is 0.749. The Labute approximate surface area is 150 Å². The molecule has 1 atom stereocenters. The zero-order valence-corrected chi connectivity index (χ0v) is 16.1. The molecular formula is C16H29N5O3S. The number of piperidine rings is 1. The lowest BCUT2D eigenvalue weighted by Crippen LogP contribution is -2.46. The Balaban J connectivity index is 1.86. The molecule has 2 heterocycles. The SMILES string of the molecule is Cc1nccn1CCC(=O)N1CCCC[C@@H]1CCNS(=O)(=O)N(C)C. The molecule has 0 bridgehead atoms. The maximum absolute atomic E-state index is 12.6. The Bertz CT molecular complexity index is 671. The number of nitrogens with one attached hydrogen (secondary N) is 1. The second kappa shape index (κ2) is 8.77. The molecule has 1 aromatic heterocycles. The number of imidazole rings is 1. The third-order valence-electron chi connectivity index (χ3n) is 4.68. The number of hydrogen-bond acceptors (Lipinski definition) is 4. The smallest absolute Gasteiger partial charge is 0.278 e. The van der Waals surface area contributed by atoms with Crippen LogP contribution in [-0.2, 0) is 21.5 Å². The van der Waals surface area contributed by atoms with E-state index in [1.165, 1.54) is 14.1 Å². The molecule has 1 saturated heterocycles. The molecule has 1 amide bonds. The fraction of sp³-hybridized carbons (Fsp3) is 0.750. The van der Waals surface area contributed by atoms with Gasteiger partial charge in [-0.25, -0.2) is 9.71 Å². The topological polar surface area (TPSA) is 87.5 Å². The minimum absolute atomic E-state index is 0.106. The summed E-state index contributed by atoms with van der Waals surface area (Å²) < 4.78 is 29.3. The lowest BCUT2D eigenvalue weighted by atomic mass is 9.99. The summed E-state index contributed by atoms with van der Waals surface area (Å²) in [6, 6.07) is 0.106. The van der Waals surface area contributed by atoms with E-state index >= 15 is 0 Å². The number of nitrogens with zero attached hydrogens (tertiary/aromatic N) is 4. The van der Waals surface area contributed by atoms with Crippen LogP contribution in [0.3, 0.4) is 0 Å². The molecule has 8 nitrogen and oxygen atoms in total. The van der Waals surface area contributed by atoms with E-state index in [4.69, 9.17) is 0 Å². The van der Waals surface area contributed by atoms with E-state index < -0.39 is 10.2 Å². The summed E-state index contributed by atoms with van der Waals surface area (Å²) in [7, 11) is -0.418. The van der Waals surface area contributed by atoms with Gasteiger partial charge in [-0.05, 0) is 32.6 Å². The van der Waals surface area contributed by atoms with E-state index in [-0.39, 0.29) is 11.9 Å². The van der Waals surface area contributed by atoms with Gasteiger partial charge in [0.25, 0.3) is 10.2 Å². The highest BCUT2D eigenvalue weighted by Crippen LogP contribution is 2.20. The molecule has 1 fully saturated rings. The average Bonchev–Trinajstić information content (AvgIpc) is 2.98. The molecule has 2 rings (SSSR count). The number of rotatable bonds is 8. The number of aryl methyl sites for hydroxylation is 2. The summed E-state index contributed by atoms with van der Waals surface area (Å²) in [6.45, 7) is 3.65. The van der Waals surface area contributed by atoms with E-state index in [1.54, 1.807) is 6.20 Å². The Morgan fingerprint density at radius 2 is 2.16 bits per heavy atom. The van der Waals surface area contributed by atoms with Gasteiger partial charge in [0.05, 0.1) is 0 Å². The second-order valence-electron chi connectivity index (χ2n) is 6.63. The quantitative estimate of drug-likeness (QED) is 0.730. The lowest BCUT2D eigenvalue weighted by Gasteiger charge is -2.36. The van der Waals surface area contributed by atoms with E-state index in [2.05, 4.69) is 9.71 Å². The Hall–Kier alpha value is -1.45. The molecule has 0 unspecified atom stereocenters. The van der Waals surface area contributed by atoms with Crippen LogP contribution in [0.25, 0.3) is 0 Å². The molecule has 0 radical (unpaired) electrons. The molecule has 0 spiro atoms. The van der Waals surface area contributed by atoms with Crippen molar-refractivity contribution in [1.29, 1.82) is 0 Å². The van der Waals surface area contributed by atoms with Gasteiger partial charge >= 0.3 is 0 Å². The van der Waals surface area contributed by atoms with Crippen LogP contribution in [0.1, 0.15) is 37.9 Å². The highest BCUT2D eigenvalue weighted by atomic mass is 32.2. The number of aromatic nitrogens is 2. The van der Waals surface area contributed by atoms with Crippen molar-refractivity contribution < 1.29 is 13.2 Å². The van der Waals surface area contributed by atoms with Crippen LogP contribution in [-0.4, -0.2) is 66.3 Å². The van der Waals surface area contributed by atoms with Crippen LogP contribution in [0.15, 0.2) is 12.4 Å². The zero-order valence-electron chi connectivity index (χ0n) is 15.3. The highest BCUT2D eigenvalue weighted by molar-refractivity contribution is 7.87. The van der Waals surface area contributed by atoms with Crippen molar-refractivity contribution >= 4 is 16.1 Å². The molecular weight excluding hydrogens is 342 g/mol. The predicted molar refractivity (Wildman–Crippen MR) is 96.2 cm³/mol. The van der Waals surface area contributed by atoms with Gasteiger partial charge in [0, 0.05) is 58.6 Å². The lowest BCUT2D eigenvalue weighted by molar-refractivity contribution is -0.135. The summed E-state index contributed by atoms with van der Waals surface area (Å²) in [5.74, 6) is 1.04. The molecule has 1 aromatic rings. The van der Waals surface area contributed by atoms with E-state index in [9.17, 15) is 13.2 Å². The Morgan fingerprint density at radius 3 is 2.80 bits per heavy atom. The highest BCUT2D eigenvalue weighted by Gasteiger charge is 2.26. The number of likely N-dealkylation sites (tertiary alicyclic amines) is 1. The van der Waals surface area contributed by atoms with Gasteiger partial charge < -0.3 is 9.47 Å². The van der Waals surface area contributed by atoms with E-state index in [0.717, 1.165) is 35.9 Å². The van der Waals surface area contributed by atoms with Crippen LogP contribution in [0, 0.1) is 6.92 Å². The average molecular weight is 372 g/mol. The minimum atomic E-state index is -3.41. The van der Waals surface area contributed by atoms with Gasteiger partial charge in [-0.1, -0.05) is 0 Å². The molecule has 9 heteroatoms. The van der Waals surface area contributed by atoms with Gasteiger partial charge in [0.1, 0.15) is 5.82 Å². The van der Waals surface area contributed by atoms with Crippen molar-refractivity contribution in [2.75, 3.05) is 27.2 Å². The molecule has 1 N–H and O–H groups in total. The number of carbonyl (C=O) groups excluding carboxylic acids is 1. The van der Waals surface area contributed by atoms with Crippen LogP contribution in [0.2, 0.25) is 0 Å². The molecule has 1 aliphatic rings. The van der Waals surface area contributed by atoms with E-state index in [0.29, 0.717) is 25.9 Å². The monoisotopic (exact) mass is 371 g/mol. The van der Waals surface area contributed by atoms with Gasteiger partial charge in [0.2, 0.25) is 5.91 Å².